The Morgan fingerprint density at radius 2 is 1.96 bits per heavy atom. The third-order valence-corrected chi connectivity index (χ3v) is 3.38. The zero-order chi connectivity index (χ0) is 16.5. The minimum Gasteiger partial charge on any atom is -0.492 e. The zero-order valence-electron chi connectivity index (χ0n) is 13.3. The van der Waals surface area contributed by atoms with E-state index in [4.69, 9.17) is 16.3 Å². The van der Waals surface area contributed by atoms with E-state index in [2.05, 4.69) is 27.5 Å². The maximum absolute atomic E-state index is 5.76. The summed E-state index contributed by atoms with van der Waals surface area (Å²) in [4.78, 5) is 8.21. The van der Waals surface area contributed by atoms with E-state index < -0.39 is 0 Å². The third-order valence-electron chi connectivity index (χ3n) is 3.16. The van der Waals surface area contributed by atoms with E-state index in [0.29, 0.717) is 30.8 Å². The summed E-state index contributed by atoms with van der Waals surface area (Å²) in [6, 6.07) is 11.7. The van der Waals surface area contributed by atoms with Gasteiger partial charge in [-0.2, -0.15) is 0 Å². The second-order valence-corrected chi connectivity index (χ2v) is 5.39. The molecule has 2 N–H and O–H groups in total. The highest BCUT2D eigenvalue weighted by Gasteiger charge is 1.99. The largest absolute Gasteiger partial charge is 0.492 e. The van der Waals surface area contributed by atoms with Gasteiger partial charge in [0.05, 0.1) is 6.54 Å². The van der Waals surface area contributed by atoms with Gasteiger partial charge in [-0.15, -0.1) is 0 Å². The number of ether oxygens (including phenoxy) is 1. The monoisotopic (exact) mass is 332 g/mol. The number of rotatable bonds is 6. The van der Waals surface area contributed by atoms with Crippen LogP contribution < -0.4 is 15.4 Å². The first kappa shape index (κ1) is 17.1. The second kappa shape index (κ2) is 9.00. The van der Waals surface area contributed by atoms with Gasteiger partial charge in [-0.3, -0.25) is 4.99 Å². The lowest BCUT2D eigenvalue weighted by atomic mass is 10.2. The Morgan fingerprint density at radius 3 is 2.61 bits per heavy atom. The SMILES string of the molecule is CN=C(NCCOc1ccc(C)cc1)NCc1ccc(Cl)nc1. The number of halogens is 1. The Labute approximate surface area is 141 Å². The average molecular weight is 333 g/mol. The van der Waals surface area contributed by atoms with Gasteiger partial charge in [0.15, 0.2) is 5.96 Å². The fraction of sp³-hybridized carbons (Fsp3) is 0.294. The number of aromatic nitrogens is 1. The number of nitrogens with zero attached hydrogens (tertiary/aromatic N) is 2. The first-order valence-electron chi connectivity index (χ1n) is 7.42. The van der Waals surface area contributed by atoms with E-state index in [1.54, 1.807) is 19.3 Å². The molecule has 0 bridgehead atoms. The number of aryl methyl sites for hydroxylation is 1. The fourth-order valence-electron chi connectivity index (χ4n) is 1.89. The van der Waals surface area contributed by atoms with Crippen LogP contribution in [0.25, 0.3) is 0 Å². The van der Waals surface area contributed by atoms with Crippen molar-refractivity contribution in [1.82, 2.24) is 15.6 Å². The van der Waals surface area contributed by atoms with Crippen molar-refractivity contribution in [2.75, 3.05) is 20.2 Å². The summed E-state index contributed by atoms with van der Waals surface area (Å²) in [6.45, 7) is 3.90. The van der Waals surface area contributed by atoms with Crippen LogP contribution in [0.5, 0.6) is 5.75 Å². The summed E-state index contributed by atoms with van der Waals surface area (Å²) in [5.41, 5.74) is 2.25. The van der Waals surface area contributed by atoms with E-state index in [9.17, 15) is 0 Å². The molecule has 23 heavy (non-hydrogen) atoms. The number of benzene rings is 1. The van der Waals surface area contributed by atoms with E-state index in [1.807, 2.05) is 30.3 Å². The number of pyridine rings is 1. The predicted molar refractivity (Wildman–Crippen MR) is 94.1 cm³/mol. The van der Waals surface area contributed by atoms with E-state index in [-0.39, 0.29) is 0 Å². The van der Waals surface area contributed by atoms with Gasteiger partial charge in [-0.1, -0.05) is 35.4 Å². The Hall–Kier alpha value is -2.27. The summed E-state index contributed by atoms with van der Waals surface area (Å²) in [6.07, 6.45) is 1.74. The Kier molecular flexibility index (Phi) is 6.69. The lowest BCUT2D eigenvalue weighted by Gasteiger charge is -2.12. The van der Waals surface area contributed by atoms with Gasteiger partial charge >= 0.3 is 0 Å². The van der Waals surface area contributed by atoms with Crippen molar-refractivity contribution in [3.63, 3.8) is 0 Å². The fourth-order valence-corrected chi connectivity index (χ4v) is 2.00. The number of aliphatic imine (C=N–C) groups is 1. The molecule has 0 saturated heterocycles. The van der Waals surface area contributed by atoms with Crippen LogP contribution in [0.4, 0.5) is 0 Å². The van der Waals surface area contributed by atoms with Gasteiger partial charge < -0.3 is 15.4 Å². The van der Waals surface area contributed by atoms with Gasteiger partial charge in [-0.25, -0.2) is 4.98 Å². The van der Waals surface area contributed by atoms with Gasteiger partial charge in [0.2, 0.25) is 0 Å². The molecule has 0 aliphatic carbocycles. The molecule has 0 atom stereocenters. The first-order chi connectivity index (χ1) is 11.2. The van der Waals surface area contributed by atoms with Crippen LogP contribution in [-0.4, -0.2) is 31.1 Å². The molecule has 2 rings (SSSR count). The van der Waals surface area contributed by atoms with E-state index >= 15 is 0 Å². The minimum absolute atomic E-state index is 0.490. The maximum Gasteiger partial charge on any atom is 0.191 e. The highest BCUT2D eigenvalue weighted by Crippen LogP contribution is 2.10. The first-order valence-corrected chi connectivity index (χ1v) is 7.79. The van der Waals surface area contributed by atoms with E-state index in [1.165, 1.54) is 5.56 Å². The van der Waals surface area contributed by atoms with Crippen molar-refractivity contribution >= 4 is 17.6 Å². The van der Waals surface area contributed by atoms with Crippen molar-refractivity contribution in [1.29, 1.82) is 0 Å². The molecular weight excluding hydrogens is 312 g/mol. The molecule has 1 aromatic heterocycles. The quantitative estimate of drug-likeness (QED) is 0.369. The van der Waals surface area contributed by atoms with Crippen molar-refractivity contribution in [2.24, 2.45) is 4.99 Å². The van der Waals surface area contributed by atoms with Gasteiger partial charge in [0, 0.05) is 19.8 Å². The summed E-state index contributed by atoms with van der Waals surface area (Å²) < 4.78 is 5.66. The van der Waals surface area contributed by atoms with E-state index in [0.717, 1.165) is 11.3 Å². The summed E-state index contributed by atoms with van der Waals surface area (Å²) >= 11 is 5.76. The molecule has 1 aromatic carbocycles. The van der Waals surface area contributed by atoms with Crippen molar-refractivity contribution in [3.05, 3.63) is 58.9 Å². The maximum atomic E-state index is 5.76. The molecule has 0 aliphatic heterocycles. The molecule has 2 aromatic rings. The van der Waals surface area contributed by atoms with Crippen molar-refractivity contribution in [3.8, 4) is 5.75 Å². The zero-order valence-corrected chi connectivity index (χ0v) is 14.1. The van der Waals surface area contributed by atoms with Crippen LogP contribution in [0.3, 0.4) is 0 Å². The van der Waals surface area contributed by atoms with Crippen molar-refractivity contribution in [2.45, 2.75) is 13.5 Å². The highest BCUT2D eigenvalue weighted by atomic mass is 35.5. The summed E-state index contributed by atoms with van der Waals surface area (Å²) in [5.74, 6) is 1.58. The standard InChI is InChI=1S/C17H21ClN4O/c1-13-3-6-15(7-4-13)23-10-9-20-17(19-2)22-12-14-5-8-16(18)21-11-14/h3-8,11H,9-10,12H2,1-2H3,(H2,19,20,22). The summed E-state index contributed by atoms with van der Waals surface area (Å²) in [7, 11) is 1.73. The minimum atomic E-state index is 0.490. The Balaban J connectivity index is 1.68. The molecule has 0 radical (unpaired) electrons. The number of hydrogen-bond acceptors (Lipinski definition) is 3. The van der Waals surface area contributed by atoms with Gasteiger partial charge in [-0.05, 0) is 30.7 Å². The molecule has 6 heteroatoms. The molecule has 0 spiro atoms. The topological polar surface area (TPSA) is 58.5 Å². The number of hydrogen-bond donors (Lipinski definition) is 2. The van der Waals surface area contributed by atoms with Crippen molar-refractivity contribution < 1.29 is 4.74 Å². The Morgan fingerprint density at radius 1 is 1.17 bits per heavy atom. The van der Waals surface area contributed by atoms with Crippen LogP contribution >= 0.6 is 11.6 Å². The molecule has 0 fully saturated rings. The Bertz CT molecular complexity index is 626. The third kappa shape index (κ3) is 6.16. The number of guanidine groups is 1. The second-order valence-electron chi connectivity index (χ2n) is 5.00. The lowest BCUT2D eigenvalue weighted by molar-refractivity contribution is 0.322. The average Bonchev–Trinajstić information content (AvgIpc) is 2.57. The molecule has 0 amide bonds. The normalized spacial score (nSPS) is 11.2. The van der Waals surface area contributed by atoms with Gasteiger partial charge in [0.25, 0.3) is 0 Å². The molecule has 0 aliphatic rings. The molecule has 5 nitrogen and oxygen atoms in total. The van der Waals surface area contributed by atoms with Crippen LogP contribution in [0.2, 0.25) is 5.15 Å². The molecule has 0 unspecified atom stereocenters. The molecule has 122 valence electrons. The molecular formula is C17H21ClN4O. The van der Waals surface area contributed by atoms with Crippen LogP contribution in [-0.2, 0) is 6.54 Å². The van der Waals surface area contributed by atoms with Crippen LogP contribution in [0, 0.1) is 6.92 Å². The number of nitrogens with one attached hydrogen (secondary N) is 2. The smallest absolute Gasteiger partial charge is 0.191 e. The lowest BCUT2D eigenvalue weighted by Crippen LogP contribution is -2.38. The summed E-state index contributed by atoms with van der Waals surface area (Å²) in [5, 5.41) is 6.90. The van der Waals surface area contributed by atoms with Crippen LogP contribution in [0.1, 0.15) is 11.1 Å². The van der Waals surface area contributed by atoms with Crippen LogP contribution in [0.15, 0.2) is 47.6 Å². The predicted octanol–water partition coefficient (Wildman–Crippen LogP) is 2.79. The highest BCUT2D eigenvalue weighted by molar-refractivity contribution is 6.29. The molecule has 1 heterocycles. The van der Waals surface area contributed by atoms with Gasteiger partial charge in [0.1, 0.15) is 17.5 Å². The molecule has 0 saturated carbocycles.